The van der Waals surface area contributed by atoms with Gasteiger partial charge in [0.05, 0.1) is 5.69 Å². The predicted octanol–water partition coefficient (Wildman–Crippen LogP) is 3.87. The lowest BCUT2D eigenvalue weighted by atomic mass is 10.2. The highest BCUT2D eigenvalue weighted by atomic mass is 16.5. The third-order valence-electron chi connectivity index (χ3n) is 3.50. The van der Waals surface area contributed by atoms with E-state index in [0.717, 1.165) is 41.4 Å². The first-order valence-corrected chi connectivity index (χ1v) is 8.12. The number of aromatic nitrogens is 2. The van der Waals surface area contributed by atoms with Crippen molar-refractivity contribution in [2.45, 2.75) is 40.2 Å². The monoisotopic (exact) mass is 327 g/mol. The number of ether oxygens (including phenoxy) is 1. The fraction of sp³-hybridized carbons (Fsp3) is 0.368. The lowest BCUT2D eigenvalue weighted by Gasteiger charge is -2.08. The molecule has 0 atom stereocenters. The summed E-state index contributed by atoms with van der Waals surface area (Å²) in [5, 5.41) is 7.29. The molecule has 5 heteroatoms. The van der Waals surface area contributed by atoms with Crippen LogP contribution in [0.4, 0.5) is 5.69 Å². The third kappa shape index (κ3) is 5.57. The average molecular weight is 327 g/mol. The highest BCUT2D eigenvalue weighted by Crippen LogP contribution is 2.16. The molecule has 24 heavy (non-hydrogen) atoms. The first-order valence-electron chi connectivity index (χ1n) is 8.12. The summed E-state index contributed by atoms with van der Waals surface area (Å²) < 4.78 is 7.47. The second-order valence-electron chi connectivity index (χ2n) is 6.07. The molecule has 1 N–H and O–H groups in total. The molecule has 0 aliphatic carbocycles. The van der Waals surface area contributed by atoms with Gasteiger partial charge < -0.3 is 10.1 Å². The summed E-state index contributed by atoms with van der Waals surface area (Å²) in [5.41, 5.74) is 3.87. The maximum atomic E-state index is 12.0. The zero-order valence-corrected chi connectivity index (χ0v) is 14.6. The number of benzene rings is 1. The molecule has 5 nitrogen and oxygen atoms in total. The Hall–Kier alpha value is -2.56. The summed E-state index contributed by atoms with van der Waals surface area (Å²) in [6.45, 7) is 11.0. The Labute approximate surface area is 143 Å². The van der Waals surface area contributed by atoms with Gasteiger partial charge in [-0.2, -0.15) is 5.10 Å². The number of aryl methyl sites for hydroxylation is 3. The Kier molecular flexibility index (Phi) is 6.18. The summed E-state index contributed by atoms with van der Waals surface area (Å²) in [6, 6.07) is 9.40. The van der Waals surface area contributed by atoms with Crippen LogP contribution < -0.4 is 10.1 Å². The van der Waals surface area contributed by atoms with Crippen LogP contribution in [0.3, 0.4) is 0 Å². The van der Waals surface area contributed by atoms with Crippen molar-refractivity contribution in [1.82, 2.24) is 9.78 Å². The molecule has 1 aromatic heterocycles. The Balaban J connectivity index is 1.75. The SMILES string of the molecule is C=C(C)COc1ccc(NC(=O)CCCn2nc(C)cc2C)cc1. The Morgan fingerprint density at radius 1 is 1.29 bits per heavy atom. The number of carbonyl (C=O) groups is 1. The van der Waals surface area contributed by atoms with E-state index < -0.39 is 0 Å². The molecule has 0 unspecified atom stereocenters. The zero-order chi connectivity index (χ0) is 17.5. The van der Waals surface area contributed by atoms with E-state index in [-0.39, 0.29) is 5.91 Å². The minimum Gasteiger partial charge on any atom is -0.489 e. The van der Waals surface area contributed by atoms with Crippen molar-refractivity contribution in [2.24, 2.45) is 0 Å². The second kappa shape index (κ2) is 8.34. The minimum absolute atomic E-state index is 0.00661. The van der Waals surface area contributed by atoms with Crippen LogP contribution in [0.25, 0.3) is 0 Å². The van der Waals surface area contributed by atoms with Gasteiger partial charge in [-0.1, -0.05) is 6.58 Å². The van der Waals surface area contributed by atoms with Gasteiger partial charge in [-0.05, 0) is 63.1 Å². The summed E-state index contributed by atoms with van der Waals surface area (Å²) in [6.07, 6.45) is 1.22. The van der Waals surface area contributed by atoms with Crippen molar-refractivity contribution in [3.05, 3.63) is 53.9 Å². The molecular weight excluding hydrogens is 302 g/mol. The van der Waals surface area contributed by atoms with Gasteiger partial charge in [0.15, 0.2) is 0 Å². The van der Waals surface area contributed by atoms with Gasteiger partial charge >= 0.3 is 0 Å². The van der Waals surface area contributed by atoms with E-state index in [4.69, 9.17) is 4.74 Å². The van der Waals surface area contributed by atoms with Crippen LogP contribution >= 0.6 is 0 Å². The van der Waals surface area contributed by atoms with Crippen LogP contribution in [0.15, 0.2) is 42.5 Å². The summed E-state index contributed by atoms with van der Waals surface area (Å²) >= 11 is 0. The highest BCUT2D eigenvalue weighted by molar-refractivity contribution is 5.90. The second-order valence-corrected chi connectivity index (χ2v) is 6.07. The van der Waals surface area contributed by atoms with Gasteiger partial charge in [0.2, 0.25) is 5.91 Å². The number of rotatable bonds is 8. The van der Waals surface area contributed by atoms with E-state index in [1.165, 1.54) is 0 Å². The van der Waals surface area contributed by atoms with Gasteiger partial charge in [-0.15, -0.1) is 0 Å². The van der Waals surface area contributed by atoms with Crippen molar-refractivity contribution in [3.63, 3.8) is 0 Å². The first-order chi connectivity index (χ1) is 11.4. The van der Waals surface area contributed by atoms with Gasteiger partial charge in [0.1, 0.15) is 12.4 Å². The number of nitrogens with zero attached hydrogens (tertiary/aromatic N) is 2. The largest absolute Gasteiger partial charge is 0.489 e. The molecule has 1 aromatic carbocycles. The average Bonchev–Trinajstić information content (AvgIpc) is 2.84. The number of amides is 1. The topological polar surface area (TPSA) is 56.1 Å². The van der Waals surface area contributed by atoms with Crippen LogP contribution in [0.5, 0.6) is 5.75 Å². The fourth-order valence-electron chi connectivity index (χ4n) is 2.36. The zero-order valence-electron chi connectivity index (χ0n) is 14.6. The van der Waals surface area contributed by atoms with Crippen LogP contribution in [0, 0.1) is 13.8 Å². The van der Waals surface area contributed by atoms with Crippen molar-refractivity contribution in [2.75, 3.05) is 11.9 Å². The highest BCUT2D eigenvalue weighted by Gasteiger charge is 2.05. The Morgan fingerprint density at radius 2 is 2.00 bits per heavy atom. The smallest absolute Gasteiger partial charge is 0.224 e. The summed E-state index contributed by atoms with van der Waals surface area (Å²) in [7, 11) is 0. The molecule has 1 heterocycles. The van der Waals surface area contributed by atoms with Crippen molar-refractivity contribution in [1.29, 1.82) is 0 Å². The standard InChI is InChI=1S/C19H25N3O2/c1-14(2)13-24-18-9-7-17(8-10-18)20-19(23)6-5-11-22-16(4)12-15(3)21-22/h7-10,12H,1,5-6,11,13H2,2-4H3,(H,20,23). The molecule has 0 saturated carbocycles. The number of hydrogen-bond acceptors (Lipinski definition) is 3. The number of hydrogen-bond donors (Lipinski definition) is 1. The van der Waals surface area contributed by atoms with Crippen molar-refractivity contribution >= 4 is 11.6 Å². The maximum Gasteiger partial charge on any atom is 0.224 e. The predicted molar refractivity (Wildman–Crippen MR) is 96.3 cm³/mol. The molecular formula is C19H25N3O2. The van der Waals surface area contributed by atoms with Gasteiger partial charge in [-0.25, -0.2) is 0 Å². The van der Waals surface area contributed by atoms with E-state index in [9.17, 15) is 4.79 Å². The van der Waals surface area contributed by atoms with Gasteiger partial charge in [0.25, 0.3) is 0 Å². The van der Waals surface area contributed by atoms with E-state index in [0.29, 0.717) is 13.0 Å². The van der Waals surface area contributed by atoms with Crippen molar-refractivity contribution in [3.8, 4) is 5.75 Å². The van der Waals surface area contributed by atoms with E-state index in [2.05, 4.69) is 17.0 Å². The molecule has 2 aromatic rings. The lowest BCUT2D eigenvalue weighted by molar-refractivity contribution is -0.116. The molecule has 0 saturated heterocycles. The van der Waals surface area contributed by atoms with E-state index in [1.807, 2.05) is 55.8 Å². The van der Waals surface area contributed by atoms with Crippen LogP contribution in [-0.2, 0) is 11.3 Å². The van der Waals surface area contributed by atoms with Crippen LogP contribution in [-0.4, -0.2) is 22.3 Å². The molecule has 0 fully saturated rings. The normalized spacial score (nSPS) is 10.5. The first kappa shape index (κ1) is 17.8. The number of carbonyl (C=O) groups excluding carboxylic acids is 1. The lowest BCUT2D eigenvalue weighted by Crippen LogP contribution is -2.13. The molecule has 0 spiro atoms. The van der Waals surface area contributed by atoms with Gasteiger partial charge in [0, 0.05) is 24.3 Å². The molecule has 128 valence electrons. The Bertz CT molecular complexity index is 702. The molecule has 0 radical (unpaired) electrons. The quantitative estimate of drug-likeness (QED) is 0.749. The number of anilines is 1. The maximum absolute atomic E-state index is 12.0. The van der Waals surface area contributed by atoms with Crippen LogP contribution in [0.2, 0.25) is 0 Å². The summed E-state index contributed by atoms with van der Waals surface area (Å²) in [4.78, 5) is 12.0. The molecule has 0 aliphatic rings. The molecule has 0 bridgehead atoms. The van der Waals surface area contributed by atoms with Crippen LogP contribution in [0.1, 0.15) is 31.2 Å². The third-order valence-corrected chi connectivity index (χ3v) is 3.50. The van der Waals surface area contributed by atoms with Crippen molar-refractivity contribution < 1.29 is 9.53 Å². The number of nitrogens with one attached hydrogen (secondary N) is 1. The molecule has 2 rings (SSSR count). The Morgan fingerprint density at radius 3 is 2.58 bits per heavy atom. The molecule has 0 aliphatic heterocycles. The van der Waals surface area contributed by atoms with E-state index >= 15 is 0 Å². The molecule has 1 amide bonds. The fourth-order valence-corrected chi connectivity index (χ4v) is 2.36. The minimum atomic E-state index is 0.00661. The van der Waals surface area contributed by atoms with Gasteiger partial charge in [-0.3, -0.25) is 9.48 Å². The van der Waals surface area contributed by atoms with E-state index in [1.54, 1.807) is 0 Å². The summed E-state index contributed by atoms with van der Waals surface area (Å²) in [5.74, 6) is 0.771.